The van der Waals surface area contributed by atoms with Crippen molar-refractivity contribution in [3.63, 3.8) is 0 Å². The number of amides is 1. The molecule has 0 spiro atoms. The van der Waals surface area contributed by atoms with Crippen LogP contribution in [-0.4, -0.2) is 20.7 Å². The van der Waals surface area contributed by atoms with E-state index in [9.17, 15) is 4.79 Å². The SMILES string of the molecule is CCc1nn(C)c(C(=O)Nc2ccc(Br)nc2C)c1N. The third-order valence-electron chi connectivity index (χ3n) is 3.01. The first-order chi connectivity index (χ1) is 9.43. The second-order valence-electron chi connectivity index (χ2n) is 4.41. The molecule has 0 aromatic carbocycles. The summed E-state index contributed by atoms with van der Waals surface area (Å²) in [5.41, 5.74) is 8.86. The molecule has 106 valence electrons. The summed E-state index contributed by atoms with van der Waals surface area (Å²) in [4.78, 5) is 16.6. The summed E-state index contributed by atoms with van der Waals surface area (Å²) < 4.78 is 2.23. The standard InChI is InChI=1S/C13H16BrN5O/c1-4-8-11(15)12(19(3)18-8)13(20)17-9-5-6-10(14)16-7(9)2/h5-6H,4,15H2,1-3H3,(H,17,20). The Hall–Kier alpha value is -1.89. The van der Waals surface area contributed by atoms with E-state index in [0.29, 0.717) is 23.5 Å². The number of nitrogens with one attached hydrogen (secondary N) is 1. The Morgan fingerprint density at radius 1 is 1.50 bits per heavy atom. The highest BCUT2D eigenvalue weighted by atomic mass is 79.9. The number of nitrogen functional groups attached to an aromatic ring is 1. The molecule has 0 fully saturated rings. The normalized spacial score (nSPS) is 10.6. The lowest BCUT2D eigenvalue weighted by Crippen LogP contribution is -2.18. The number of nitrogens with zero attached hydrogens (tertiary/aromatic N) is 3. The Balaban J connectivity index is 2.31. The third-order valence-corrected chi connectivity index (χ3v) is 3.45. The lowest BCUT2D eigenvalue weighted by atomic mass is 10.2. The van der Waals surface area contributed by atoms with Crippen LogP contribution in [0.2, 0.25) is 0 Å². The van der Waals surface area contributed by atoms with Gasteiger partial charge in [0.05, 0.1) is 22.8 Å². The number of rotatable bonds is 3. The van der Waals surface area contributed by atoms with Crippen LogP contribution in [0.1, 0.15) is 28.8 Å². The minimum atomic E-state index is -0.288. The van der Waals surface area contributed by atoms with Crippen LogP contribution in [0.3, 0.4) is 0 Å². The number of nitrogens with two attached hydrogens (primary N) is 1. The molecule has 2 heterocycles. The zero-order valence-electron chi connectivity index (χ0n) is 11.6. The second kappa shape index (κ2) is 5.62. The van der Waals surface area contributed by atoms with Crippen LogP contribution in [0, 0.1) is 6.92 Å². The van der Waals surface area contributed by atoms with E-state index in [0.717, 1.165) is 16.0 Å². The van der Waals surface area contributed by atoms with E-state index in [1.807, 2.05) is 13.8 Å². The summed E-state index contributed by atoms with van der Waals surface area (Å²) in [5, 5.41) is 7.05. The molecule has 1 amide bonds. The quantitative estimate of drug-likeness (QED) is 0.841. The maximum atomic E-state index is 12.3. The molecule has 0 aliphatic carbocycles. The topological polar surface area (TPSA) is 85.8 Å². The molecule has 2 aromatic heterocycles. The molecule has 0 radical (unpaired) electrons. The van der Waals surface area contributed by atoms with Gasteiger partial charge in [-0.05, 0) is 41.4 Å². The molecule has 6 nitrogen and oxygen atoms in total. The van der Waals surface area contributed by atoms with Crippen molar-refractivity contribution in [2.24, 2.45) is 7.05 Å². The van der Waals surface area contributed by atoms with Gasteiger partial charge in [-0.1, -0.05) is 6.92 Å². The largest absolute Gasteiger partial charge is 0.395 e. The number of aryl methyl sites for hydroxylation is 3. The molecule has 20 heavy (non-hydrogen) atoms. The van der Waals surface area contributed by atoms with Gasteiger partial charge in [-0.25, -0.2) is 4.98 Å². The first kappa shape index (κ1) is 14.5. The number of aromatic nitrogens is 3. The van der Waals surface area contributed by atoms with Crippen molar-refractivity contribution in [1.82, 2.24) is 14.8 Å². The van der Waals surface area contributed by atoms with Crippen molar-refractivity contribution < 1.29 is 4.79 Å². The number of halogens is 1. The second-order valence-corrected chi connectivity index (χ2v) is 5.22. The molecule has 2 rings (SSSR count). The van der Waals surface area contributed by atoms with Gasteiger partial charge < -0.3 is 11.1 Å². The predicted molar refractivity (Wildman–Crippen MR) is 81.6 cm³/mol. The van der Waals surface area contributed by atoms with E-state index < -0.39 is 0 Å². The van der Waals surface area contributed by atoms with Gasteiger partial charge in [0.2, 0.25) is 0 Å². The Labute approximate surface area is 125 Å². The molecule has 0 aliphatic heterocycles. The van der Waals surface area contributed by atoms with Gasteiger partial charge in [-0.3, -0.25) is 9.48 Å². The number of carbonyl (C=O) groups excluding carboxylic acids is 1. The molecule has 0 saturated heterocycles. The molecule has 7 heteroatoms. The van der Waals surface area contributed by atoms with Crippen LogP contribution in [-0.2, 0) is 13.5 Å². The summed E-state index contributed by atoms with van der Waals surface area (Å²) in [7, 11) is 1.71. The minimum absolute atomic E-state index is 0.288. The average Bonchev–Trinajstić information content (AvgIpc) is 2.67. The smallest absolute Gasteiger partial charge is 0.276 e. The fourth-order valence-electron chi connectivity index (χ4n) is 1.97. The fourth-order valence-corrected chi connectivity index (χ4v) is 2.37. The summed E-state index contributed by atoms with van der Waals surface area (Å²) in [6.07, 6.45) is 0.686. The molecular formula is C13H16BrN5O. The van der Waals surface area contributed by atoms with Gasteiger partial charge in [0.15, 0.2) is 0 Å². The number of pyridine rings is 1. The van der Waals surface area contributed by atoms with Crippen molar-refractivity contribution >= 4 is 33.2 Å². The van der Waals surface area contributed by atoms with Crippen molar-refractivity contribution in [2.75, 3.05) is 11.1 Å². The van der Waals surface area contributed by atoms with Crippen LogP contribution < -0.4 is 11.1 Å². The lowest BCUT2D eigenvalue weighted by Gasteiger charge is -2.08. The van der Waals surface area contributed by atoms with E-state index in [-0.39, 0.29) is 5.91 Å². The average molecular weight is 338 g/mol. The van der Waals surface area contributed by atoms with Crippen molar-refractivity contribution in [1.29, 1.82) is 0 Å². The molecule has 3 N–H and O–H groups in total. The van der Waals surface area contributed by atoms with Gasteiger partial charge >= 0.3 is 0 Å². The van der Waals surface area contributed by atoms with E-state index in [4.69, 9.17) is 5.73 Å². The van der Waals surface area contributed by atoms with Crippen molar-refractivity contribution in [3.8, 4) is 0 Å². The Bertz CT molecular complexity index is 665. The van der Waals surface area contributed by atoms with E-state index >= 15 is 0 Å². The van der Waals surface area contributed by atoms with Gasteiger partial charge in [-0.2, -0.15) is 5.10 Å². The summed E-state index contributed by atoms with van der Waals surface area (Å²) in [6, 6.07) is 3.56. The van der Waals surface area contributed by atoms with Gasteiger partial charge in [0, 0.05) is 7.05 Å². The van der Waals surface area contributed by atoms with Crippen LogP contribution in [0.15, 0.2) is 16.7 Å². The van der Waals surface area contributed by atoms with E-state index in [1.54, 1.807) is 19.2 Å². The zero-order valence-corrected chi connectivity index (χ0v) is 13.2. The highest BCUT2D eigenvalue weighted by molar-refractivity contribution is 9.10. The van der Waals surface area contributed by atoms with Gasteiger partial charge in [0.1, 0.15) is 10.3 Å². The fraction of sp³-hybridized carbons (Fsp3) is 0.308. The van der Waals surface area contributed by atoms with Crippen molar-refractivity contribution in [2.45, 2.75) is 20.3 Å². The Morgan fingerprint density at radius 3 is 2.75 bits per heavy atom. The molecule has 0 unspecified atom stereocenters. The molecule has 0 saturated carbocycles. The number of anilines is 2. The summed E-state index contributed by atoms with van der Waals surface area (Å²) >= 11 is 3.29. The van der Waals surface area contributed by atoms with Crippen LogP contribution in [0.4, 0.5) is 11.4 Å². The minimum Gasteiger partial charge on any atom is -0.395 e. The molecule has 2 aromatic rings. The van der Waals surface area contributed by atoms with E-state index in [2.05, 4.69) is 31.3 Å². The molecule has 0 aliphatic rings. The van der Waals surface area contributed by atoms with Crippen molar-refractivity contribution in [3.05, 3.63) is 33.8 Å². The monoisotopic (exact) mass is 337 g/mol. The Morgan fingerprint density at radius 2 is 2.20 bits per heavy atom. The maximum Gasteiger partial charge on any atom is 0.276 e. The van der Waals surface area contributed by atoms with E-state index in [1.165, 1.54) is 4.68 Å². The first-order valence-corrected chi connectivity index (χ1v) is 6.99. The summed E-state index contributed by atoms with van der Waals surface area (Å²) in [5.74, 6) is -0.288. The van der Waals surface area contributed by atoms with Gasteiger partial charge in [-0.15, -0.1) is 0 Å². The number of hydrogen-bond donors (Lipinski definition) is 2. The highest BCUT2D eigenvalue weighted by Gasteiger charge is 2.19. The first-order valence-electron chi connectivity index (χ1n) is 6.19. The molecular weight excluding hydrogens is 322 g/mol. The van der Waals surface area contributed by atoms with Crippen LogP contribution >= 0.6 is 15.9 Å². The predicted octanol–water partition coefficient (Wildman–Crippen LogP) is 2.28. The number of hydrogen-bond acceptors (Lipinski definition) is 4. The highest BCUT2D eigenvalue weighted by Crippen LogP contribution is 2.21. The van der Waals surface area contributed by atoms with Crippen LogP contribution in [0.25, 0.3) is 0 Å². The third kappa shape index (κ3) is 2.67. The number of carbonyl (C=O) groups is 1. The molecule has 0 bridgehead atoms. The lowest BCUT2D eigenvalue weighted by molar-refractivity contribution is 0.101. The molecule has 0 atom stereocenters. The van der Waals surface area contributed by atoms with Gasteiger partial charge in [0.25, 0.3) is 5.91 Å². The van der Waals surface area contributed by atoms with Crippen LogP contribution in [0.5, 0.6) is 0 Å². The summed E-state index contributed by atoms with van der Waals surface area (Å²) in [6.45, 7) is 3.77. The Kier molecular flexibility index (Phi) is 4.08. The maximum absolute atomic E-state index is 12.3. The zero-order chi connectivity index (χ0) is 14.9.